The smallest absolute Gasteiger partial charge is 0.318 e. The fourth-order valence-corrected chi connectivity index (χ4v) is 5.20. The van der Waals surface area contributed by atoms with Crippen LogP contribution in [-0.4, -0.2) is 23.9 Å². The molecule has 2 saturated heterocycles. The fraction of sp³-hybridized carbons (Fsp3) is 0.571. The lowest BCUT2D eigenvalue weighted by Gasteiger charge is -2.59. The summed E-state index contributed by atoms with van der Waals surface area (Å²) in [5, 5.41) is 0. The second kappa shape index (κ2) is 3.02. The maximum absolute atomic E-state index is 11.9. The molecule has 0 amide bonds. The van der Waals surface area contributed by atoms with Crippen LogP contribution in [0.3, 0.4) is 0 Å². The molecule has 6 heteroatoms. The molecule has 6 nitrogen and oxygen atoms in total. The molecule has 6 rings (SSSR count). The molecule has 6 aliphatic rings. The van der Waals surface area contributed by atoms with E-state index in [1.807, 2.05) is 12.2 Å². The summed E-state index contributed by atoms with van der Waals surface area (Å²) in [6.07, 6.45) is 3.83. The summed E-state index contributed by atoms with van der Waals surface area (Å²) in [5.74, 6) is -4.26. The van der Waals surface area contributed by atoms with Crippen LogP contribution in [0.25, 0.3) is 0 Å². The summed E-state index contributed by atoms with van der Waals surface area (Å²) in [6.45, 7) is 0. The zero-order chi connectivity index (χ0) is 13.8. The second-order valence-electron chi connectivity index (χ2n) is 6.28. The third-order valence-electron chi connectivity index (χ3n) is 5.81. The lowest BCUT2D eigenvalue weighted by atomic mass is 9.40. The normalized spacial score (nSPS) is 54.0. The van der Waals surface area contributed by atoms with E-state index in [4.69, 9.17) is 9.47 Å². The van der Waals surface area contributed by atoms with Crippen LogP contribution >= 0.6 is 0 Å². The van der Waals surface area contributed by atoms with Gasteiger partial charge in [0.25, 0.3) is 0 Å². The predicted octanol–water partition coefficient (Wildman–Crippen LogP) is -0.320. The van der Waals surface area contributed by atoms with E-state index in [0.717, 1.165) is 0 Å². The Morgan fingerprint density at radius 2 is 0.950 bits per heavy atom. The quantitative estimate of drug-likeness (QED) is 0.342. The van der Waals surface area contributed by atoms with Crippen molar-refractivity contribution >= 4 is 23.9 Å². The van der Waals surface area contributed by atoms with Crippen LogP contribution < -0.4 is 0 Å². The Morgan fingerprint density at radius 3 is 1.35 bits per heavy atom. The minimum Gasteiger partial charge on any atom is -0.393 e. The summed E-state index contributed by atoms with van der Waals surface area (Å²) in [5.41, 5.74) is 0. The fourth-order valence-electron chi connectivity index (χ4n) is 5.20. The molecule has 0 radical (unpaired) electrons. The van der Waals surface area contributed by atoms with Gasteiger partial charge in [0.05, 0.1) is 23.7 Å². The predicted molar refractivity (Wildman–Crippen MR) is 59.3 cm³/mol. The summed E-state index contributed by atoms with van der Waals surface area (Å²) >= 11 is 0. The van der Waals surface area contributed by atoms with Gasteiger partial charge < -0.3 is 9.47 Å². The summed E-state index contributed by atoms with van der Waals surface area (Å²) in [6, 6.07) is 0. The van der Waals surface area contributed by atoms with E-state index in [1.165, 1.54) is 0 Å². The highest BCUT2D eigenvalue weighted by Gasteiger charge is 2.74. The first kappa shape index (κ1) is 10.8. The molecule has 4 fully saturated rings. The van der Waals surface area contributed by atoms with E-state index >= 15 is 0 Å². The van der Waals surface area contributed by atoms with E-state index in [0.29, 0.717) is 0 Å². The molecule has 2 heterocycles. The molecule has 20 heavy (non-hydrogen) atoms. The highest BCUT2D eigenvalue weighted by atomic mass is 16.6. The zero-order valence-electron chi connectivity index (χ0n) is 10.2. The summed E-state index contributed by atoms with van der Waals surface area (Å²) in [4.78, 5) is 47.3. The Balaban J connectivity index is 1.63. The van der Waals surface area contributed by atoms with Crippen molar-refractivity contribution in [1.82, 2.24) is 0 Å². The van der Waals surface area contributed by atoms with Crippen LogP contribution in [-0.2, 0) is 28.7 Å². The van der Waals surface area contributed by atoms with Crippen LogP contribution in [0.4, 0.5) is 0 Å². The van der Waals surface area contributed by atoms with Crippen molar-refractivity contribution in [2.24, 2.45) is 47.3 Å². The third kappa shape index (κ3) is 0.910. The highest BCUT2D eigenvalue weighted by molar-refractivity contribution is 6.01. The van der Waals surface area contributed by atoms with Crippen LogP contribution in [0, 0.1) is 47.3 Å². The van der Waals surface area contributed by atoms with Crippen LogP contribution in [0.15, 0.2) is 12.2 Å². The van der Waals surface area contributed by atoms with Gasteiger partial charge >= 0.3 is 23.9 Å². The number of rotatable bonds is 0. The van der Waals surface area contributed by atoms with E-state index in [-0.39, 0.29) is 23.7 Å². The first-order valence-electron chi connectivity index (χ1n) is 6.79. The van der Waals surface area contributed by atoms with Crippen LogP contribution in [0.1, 0.15) is 0 Å². The van der Waals surface area contributed by atoms with Gasteiger partial charge in [-0.2, -0.15) is 0 Å². The van der Waals surface area contributed by atoms with Gasteiger partial charge in [0.1, 0.15) is 0 Å². The number of allylic oxidation sites excluding steroid dienone is 2. The average Bonchev–Trinajstić information content (AvgIpc) is 2.78. The minimum absolute atomic E-state index is 0.0614. The largest absolute Gasteiger partial charge is 0.393 e. The molecule has 0 spiro atoms. The van der Waals surface area contributed by atoms with Crippen molar-refractivity contribution in [2.45, 2.75) is 0 Å². The van der Waals surface area contributed by atoms with Crippen molar-refractivity contribution in [3.8, 4) is 0 Å². The molecule has 2 bridgehead atoms. The maximum Gasteiger partial charge on any atom is 0.318 e. The van der Waals surface area contributed by atoms with Crippen LogP contribution in [0.2, 0.25) is 0 Å². The lowest BCUT2D eigenvalue weighted by Crippen LogP contribution is -2.63. The number of ether oxygens (including phenoxy) is 2. The van der Waals surface area contributed by atoms with Crippen molar-refractivity contribution in [3.63, 3.8) is 0 Å². The third-order valence-corrected chi connectivity index (χ3v) is 5.81. The van der Waals surface area contributed by atoms with E-state index in [2.05, 4.69) is 0 Å². The van der Waals surface area contributed by atoms with Gasteiger partial charge in [0, 0.05) is 0 Å². The molecule has 4 aliphatic carbocycles. The maximum atomic E-state index is 11.9. The van der Waals surface area contributed by atoms with Gasteiger partial charge in [-0.05, 0) is 23.7 Å². The van der Waals surface area contributed by atoms with E-state index in [9.17, 15) is 19.2 Å². The van der Waals surface area contributed by atoms with Gasteiger partial charge in [-0.25, -0.2) is 0 Å². The number of carbonyl (C=O) groups excluding carboxylic acids is 4. The molecule has 2 saturated carbocycles. The molecule has 8 unspecified atom stereocenters. The molecule has 102 valence electrons. The van der Waals surface area contributed by atoms with Gasteiger partial charge in [-0.15, -0.1) is 0 Å². The monoisotopic (exact) mass is 274 g/mol. The molecule has 2 aliphatic heterocycles. The number of esters is 4. The Labute approximate surface area is 113 Å². The Bertz CT molecular complexity index is 582. The van der Waals surface area contributed by atoms with Crippen molar-refractivity contribution in [2.75, 3.05) is 0 Å². The van der Waals surface area contributed by atoms with E-state index in [1.54, 1.807) is 0 Å². The van der Waals surface area contributed by atoms with Crippen molar-refractivity contribution < 1.29 is 28.7 Å². The highest BCUT2D eigenvalue weighted by Crippen LogP contribution is 2.67. The molecule has 0 N–H and O–H groups in total. The van der Waals surface area contributed by atoms with Crippen LogP contribution in [0.5, 0.6) is 0 Å². The number of fused-ring (bicyclic) bond motifs is 1. The van der Waals surface area contributed by atoms with Gasteiger partial charge in [0.15, 0.2) is 0 Å². The number of cyclic esters (lactones) is 4. The Hall–Kier alpha value is -1.98. The first-order valence-corrected chi connectivity index (χ1v) is 6.79. The van der Waals surface area contributed by atoms with Crippen molar-refractivity contribution in [1.29, 1.82) is 0 Å². The van der Waals surface area contributed by atoms with E-state index < -0.39 is 47.5 Å². The number of carbonyl (C=O) groups is 4. The van der Waals surface area contributed by atoms with Gasteiger partial charge in [0.2, 0.25) is 0 Å². The number of hydrogen-bond acceptors (Lipinski definition) is 6. The molecular weight excluding hydrogens is 264 g/mol. The average molecular weight is 274 g/mol. The topological polar surface area (TPSA) is 86.7 Å². The second-order valence-corrected chi connectivity index (χ2v) is 6.28. The summed E-state index contributed by atoms with van der Waals surface area (Å²) < 4.78 is 9.50. The lowest BCUT2D eigenvalue weighted by molar-refractivity contribution is -0.166. The molecular formula is C14H10O6. The molecule has 0 aromatic heterocycles. The Morgan fingerprint density at radius 1 is 0.600 bits per heavy atom. The summed E-state index contributed by atoms with van der Waals surface area (Å²) in [7, 11) is 0. The SMILES string of the molecule is O=C1OC(=O)C2C3C=CC(C12)C1C2C(=O)OC(=O)C2C31. The number of hydrogen-bond donors (Lipinski definition) is 0. The zero-order valence-corrected chi connectivity index (χ0v) is 10.2. The minimum atomic E-state index is -0.487. The molecule has 0 aromatic carbocycles. The van der Waals surface area contributed by atoms with Gasteiger partial charge in [-0.3, -0.25) is 19.2 Å². The molecule has 8 atom stereocenters. The van der Waals surface area contributed by atoms with Gasteiger partial charge in [-0.1, -0.05) is 12.2 Å². The molecule has 0 aromatic rings. The first-order chi connectivity index (χ1) is 9.59. The van der Waals surface area contributed by atoms with Crippen molar-refractivity contribution in [3.05, 3.63) is 12.2 Å². The Kier molecular flexibility index (Phi) is 1.63. The standard InChI is InChI=1S/C14H10O6/c15-11-7-3-1-2-4(8(7)12(16)19-11)6-5(3)9-10(6)14(18)20-13(9)17/h1-10H.